The fraction of sp³-hybridized carbons (Fsp3) is 0.533. The first-order valence-corrected chi connectivity index (χ1v) is 7.26. The number of nitro benzene ring substituents is 1. The fourth-order valence-electron chi connectivity index (χ4n) is 2.74. The third-order valence-electron chi connectivity index (χ3n) is 4.50. The molecular formula is C15H21N3O3. The van der Waals surface area contributed by atoms with Gasteiger partial charge in [0.25, 0.3) is 11.6 Å². The second-order valence-corrected chi connectivity index (χ2v) is 5.63. The van der Waals surface area contributed by atoms with E-state index in [1.807, 2.05) is 0 Å². The van der Waals surface area contributed by atoms with Gasteiger partial charge in [-0.1, -0.05) is 13.3 Å². The summed E-state index contributed by atoms with van der Waals surface area (Å²) in [6, 6.07) is 4.41. The lowest BCUT2D eigenvalue weighted by Gasteiger charge is -2.41. The van der Waals surface area contributed by atoms with Crippen LogP contribution in [-0.4, -0.2) is 24.4 Å². The number of nitro groups is 1. The molecule has 0 aromatic heterocycles. The molecule has 1 saturated carbocycles. The summed E-state index contributed by atoms with van der Waals surface area (Å²) < 4.78 is 0. The van der Waals surface area contributed by atoms with Gasteiger partial charge in [0.15, 0.2) is 0 Å². The average Bonchev–Trinajstić information content (AvgIpc) is 2.45. The van der Waals surface area contributed by atoms with Crippen LogP contribution in [-0.2, 0) is 0 Å². The van der Waals surface area contributed by atoms with Gasteiger partial charge in [0.1, 0.15) is 5.69 Å². The molecule has 2 N–H and O–H groups in total. The van der Waals surface area contributed by atoms with Crippen molar-refractivity contribution in [1.29, 1.82) is 0 Å². The number of hydrogen-bond acceptors (Lipinski definition) is 4. The molecule has 2 rings (SSSR count). The Morgan fingerprint density at radius 1 is 1.43 bits per heavy atom. The predicted molar refractivity (Wildman–Crippen MR) is 81.6 cm³/mol. The van der Waals surface area contributed by atoms with Gasteiger partial charge in [0.2, 0.25) is 0 Å². The van der Waals surface area contributed by atoms with Crippen molar-refractivity contribution in [2.45, 2.75) is 32.6 Å². The summed E-state index contributed by atoms with van der Waals surface area (Å²) >= 11 is 0. The predicted octanol–water partition coefficient (Wildman–Crippen LogP) is 2.95. The second kappa shape index (κ2) is 6.11. The van der Waals surface area contributed by atoms with Crippen LogP contribution in [0.2, 0.25) is 0 Å². The van der Waals surface area contributed by atoms with Gasteiger partial charge in [-0.05, 0) is 36.8 Å². The highest BCUT2D eigenvalue weighted by Crippen LogP contribution is 2.44. The van der Waals surface area contributed by atoms with Gasteiger partial charge in [0, 0.05) is 25.2 Å². The van der Waals surface area contributed by atoms with Crippen molar-refractivity contribution in [2.24, 2.45) is 5.41 Å². The van der Waals surface area contributed by atoms with Crippen LogP contribution >= 0.6 is 0 Å². The van der Waals surface area contributed by atoms with Crippen LogP contribution in [0.1, 0.15) is 43.0 Å². The Kier molecular flexibility index (Phi) is 4.45. The Balaban J connectivity index is 2.22. The van der Waals surface area contributed by atoms with Crippen LogP contribution in [0.5, 0.6) is 0 Å². The van der Waals surface area contributed by atoms with Crippen molar-refractivity contribution in [2.75, 3.05) is 18.9 Å². The van der Waals surface area contributed by atoms with E-state index >= 15 is 0 Å². The van der Waals surface area contributed by atoms with Crippen LogP contribution in [0, 0.1) is 15.5 Å². The molecule has 0 radical (unpaired) electrons. The van der Waals surface area contributed by atoms with Crippen molar-refractivity contribution < 1.29 is 9.72 Å². The number of rotatable bonds is 6. The molecule has 0 unspecified atom stereocenters. The largest absolute Gasteiger partial charge is 0.379 e. The van der Waals surface area contributed by atoms with Crippen molar-refractivity contribution in [3.8, 4) is 0 Å². The maximum atomic E-state index is 11.7. The number of benzene rings is 1. The first-order valence-electron chi connectivity index (χ1n) is 7.26. The van der Waals surface area contributed by atoms with Crippen molar-refractivity contribution >= 4 is 17.3 Å². The van der Waals surface area contributed by atoms with Crippen LogP contribution in [0.25, 0.3) is 0 Å². The van der Waals surface area contributed by atoms with Gasteiger partial charge in [-0.2, -0.15) is 0 Å². The topological polar surface area (TPSA) is 84.3 Å². The quantitative estimate of drug-likeness (QED) is 0.623. The van der Waals surface area contributed by atoms with E-state index in [1.165, 1.54) is 25.6 Å². The highest BCUT2D eigenvalue weighted by molar-refractivity contribution is 5.95. The number of anilines is 1. The van der Waals surface area contributed by atoms with E-state index in [0.717, 1.165) is 19.3 Å². The number of carbonyl (C=O) groups is 1. The van der Waals surface area contributed by atoms with Gasteiger partial charge in [0.05, 0.1) is 4.92 Å². The Morgan fingerprint density at radius 3 is 2.62 bits per heavy atom. The molecular weight excluding hydrogens is 270 g/mol. The molecule has 0 saturated heterocycles. The van der Waals surface area contributed by atoms with Crippen LogP contribution in [0.4, 0.5) is 11.4 Å². The first-order chi connectivity index (χ1) is 10.0. The zero-order valence-electron chi connectivity index (χ0n) is 12.4. The Labute approximate surface area is 124 Å². The molecule has 21 heavy (non-hydrogen) atoms. The van der Waals surface area contributed by atoms with Crippen molar-refractivity contribution in [1.82, 2.24) is 5.32 Å². The van der Waals surface area contributed by atoms with Crippen molar-refractivity contribution in [3.05, 3.63) is 33.9 Å². The molecule has 0 heterocycles. The Morgan fingerprint density at radius 2 is 2.14 bits per heavy atom. The van der Waals surface area contributed by atoms with E-state index in [2.05, 4.69) is 17.6 Å². The number of hydrogen-bond donors (Lipinski definition) is 2. The lowest BCUT2D eigenvalue weighted by atomic mass is 9.67. The lowest BCUT2D eigenvalue weighted by molar-refractivity contribution is -0.384. The molecule has 0 aliphatic heterocycles. The average molecular weight is 291 g/mol. The molecule has 0 bridgehead atoms. The minimum Gasteiger partial charge on any atom is -0.379 e. The van der Waals surface area contributed by atoms with E-state index in [-0.39, 0.29) is 17.0 Å². The second-order valence-electron chi connectivity index (χ2n) is 5.63. The number of nitrogens with one attached hydrogen (secondary N) is 2. The maximum absolute atomic E-state index is 11.7. The van der Waals surface area contributed by atoms with Gasteiger partial charge in [-0.3, -0.25) is 14.9 Å². The highest BCUT2D eigenvalue weighted by Gasteiger charge is 2.35. The third-order valence-corrected chi connectivity index (χ3v) is 4.50. The van der Waals surface area contributed by atoms with E-state index < -0.39 is 4.92 Å². The Hall–Kier alpha value is -2.11. The molecule has 0 spiro atoms. The monoisotopic (exact) mass is 291 g/mol. The minimum atomic E-state index is -0.421. The molecule has 0 atom stereocenters. The summed E-state index contributed by atoms with van der Waals surface area (Å²) in [6.07, 6.45) is 4.58. The fourth-order valence-corrected chi connectivity index (χ4v) is 2.74. The minimum absolute atomic E-state index is 0.00762. The number of amides is 1. The number of carbonyl (C=O) groups excluding carboxylic acids is 1. The van der Waals surface area contributed by atoms with Gasteiger partial charge < -0.3 is 10.6 Å². The molecule has 1 aromatic carbocycles. The van der Waals surface area contributed by atoms with Crippen LogP contribution < -0.4 is 10.6 Å². The zero-order chi connectivity index (χ0) is 15.5. The van der Waals surface area contributed by atoms with E-state index in [0.29, 0.717) is 17.8 Å². The normalized spacial score (nSPS) is 15.9. The highest BCUT2D eigenvalue weighted by atomic mass is 16.6. The van der Waals surface area contributed by atoms with Crippen molar-refractivity contribution in [3.63, 3.8) is 0 Å². The standard InChI is InChI=1S/C15H21N3O3/c1-3-15(7-4-8-15)10-17-12-9-11(14(19)16-2)5-6-13(12)18(20)21/h5-6,9,17H,3-4,7-8,10H2,1-2H3,(H,16,19). The summed E-state index contributed by atoms with van der Waals surface area (Å²) in [4.78, 5) is 22.4. The number of nitrogens with zero attached hydrogens (tertiary/aromatic N) is 1. The SMILES string of the molecule is CCC1(CNc2cc(C(=O)NC)ccc2[N+](=O)[O-])CCC1. The maximum Gasteiger partial charge on any atom is 0.292 e. The zero-order valence-corrected chi connectivity index (χ0v) is 12.4. The molecule has 1 aromatic rings. The van der Waals surface area contributed by atoms with E-state index in [1.54, 1.807) is 6.07 Å². The molecule has 1 fully saturated rings. The van der Waals surface area contributed by atoms with Gasteiger partial charge in [-0.15, -0.1) is 0 Å². The van der Waals surface area contributed by atoms with Gasteiger partial charge >= 0.3 is 0 Å². The molecule has 6 nitrogen and oxygen atoms in total. The summed E-state index contributed by atoms with van der Waals surface area (Å²) in [5.74, 6) is -0.248. The van der Waals surface area contributed by atoms with E-state index in [4.69, 9.17) is 0 Å². The van der Waals surface area contributed by atoms with Crippen LogP contribution in [0.3, 0.4) is 0 Å². The lowest BCUT2D eigenvalue weighted by Crippen LogP contribution is -2.36. The Bertz CT molecular complexity index is 548. The summed E-state index contributed by atoms with van der Waals surface area (Å²) in [5, 5.41) is 16.8. The first kappa shape index (κ1) is 15.3. The molecule has 1 aliphatic rings. The van der Waals surface area contributed by atoms with E-state index in [9.17, 15) is 14.9 Å². The molecule has 1 amide bonds. The molecule has 6 heteroatoms. The summed E-state index contributed by atoms with van der Waals surface area (Å²) in [5.41, 5.74) is 1.09. The smallest absolute Gasteiger partial charge is 0.292 e. The molecule has 114 valence electrons. The van der Waals surface area contributed by atoms with Crippen LogP contribution in [0.15, 0.2) is 18.2 Å². The van der Waals surface area contributed by atoms with Gasteiger partial charge in [-0.25, -0.2) is 0 Å². The third kappa shape index (κ3) is 3.15. The molecule has 1 aliphatic carbocycles. The summed E-state index contributed by atoms with van der Waals surface area (Å²) in [7, 11) is 1.54. The summed E-state index contributed by atoms with van der Waals surface area (Å²) in [6.45, 7) is 2.86.